The Hall–Kier alpha value is -1.55. The fourth-order valence-electron chi connectivity index (χ4n) is 1.74. The number of hydrogen-bond acceptors (Lipinski definition) is 3. The summed E-state index contributed by atoms with van der Waals surface area (Å²) in [7, 11) is 0. The molecule has 0 saturated carbocycles. The van der Waals surface area contributed by atoms with Crippen LogP contribution in [0, 0.1) is 13.8 Å². The Bertz CT molecular complexity index is 411. The SMILES string of the molecule is Cc1cccc(OCC(=O)N2CCCO2)c1C. The van der Waals surface area contributed by atoms with Crippen LogP contribution in [-0.2, 0) is 9.63 Å². The minimum Gasteiger partial charge on any atom is -0.483 e. The van der Waals surface area contributed by atoms with Gasteiger partial charge in [-0.1, -0.05) is 12.1 Å². The molecular formula is C13H17NO3. The van der Waals surface area contributed by atoms with Gasteiger partial charge in [-0.05, 0) is 37.5 Å². The van der Waals surface area contributed by atoms with Gasteiger partial charge in [-0.15, -0.1) is 0 Å². The Balaban J connectivity index is 1.93. The van der Waals surface area contributed by atoms with E-state index in [-0.39, 0.29) is 12.5 Å². The van der Waals surface area contributed by atoms with Crippen molar-refractivity contribution in [1.82, 2.24) is 5.06 Å². The van der Waals surface area contributed by atoms with Crippen LogP contribution in [0.25, 0.3) is 0 Å². The highest BCUT2D eigenvalue weighted by atomic mass is 16.7. The fourth-order valence-corrected chi connectivity index (χ4v) is 1.74. The summed E-state index contributed by atoms with van der Waals surface area (Å²) in [5.41, 5.74) is 2.23. The lowest BCUT2D eigenvalue weighted by atomic mass is 10.1. The van der Waals surface area contributed by atoms with Crippen LogP contribution in [0.1, 0.15) is 17.5 Å². The summed E-state index contributed by atoms with van der Waals surface area (Å²) in [6.45, 7) is 5.32. The number of ether oxygens (including phenoxy) is 1. The second kappa shape index (κ2) is 5.19. The zero-order chi connectivity index (χ0) is 12.3. The smallest absolute Gasteiger partial charge is 0.283 e. The predicted octanol–water partition coefficient (Wildman–Crippen LogP) is 1.85. The second-order valence-corrected chi connectivity index (χ2v) is 4.17. The molecule has 4 heteroatoms. The summed E-state index contributed by atoms with van der Waals surface area (Å²) >= 11 is 0. The van der Waals surface area contributed by atoms with Gasteiger partial charge in [-0.25, -0.2) is 5.06 Å². The molecule has 1 amide bonds. The van der Waals surface area contributed by atoms with Gasteiger partial charge in [0.1, 0.15) is 5.75 Å². The maximum Gasteiger partial charge on any atom is 0.283 e. The fraction of sp³-hybridized carbons (Fsp3) is 0.462. The van der Waals surface area contributed by atoms with Crippen molar-refractivity contribution >= 4 is 5.91 Å². The van der Waals surface area contributed by atoms with Crippen LogP contribution in [0.4, 0.5) is 0 Å². The highest BCUT2D eigenvalue weighted by Crippen LogP contribution is 2.20. The third kappa shape index (κ3) is 2.77. The van der Waals surface area contributed by atoms with E-state index in [0.717, 1.165) is 23.3 Å². The largest absolute Gasteiger partial charge is 0.483 e. The number of aryl methyl sites for hydroxylation is 1. The van der Waals surface area contributed by atoms with Crippen molar-refractivity contribution in [1.29, 1.82) is 0 Å². The third-order valence-corrected chi connectivity index (χ3v) is 2.94. The van der Waals surface area contributed by atoms with Gasteiger partial charge in [0.25, 0.3) is 5.91 Å². The van der Waals surface area contributed by atoms with Crippen molar-refractivity contribution in [2.45, 2.75) is 20.3 Å². The molecule has 4 nitrogen and oxygen atoms in total. The second-order valence-electron chi connectivity index (χ2n) is 4.17. The summed E-state index contributed by atoms with van der Waals surface area (Å²) in [6.07, 6.45) is 0.898. The van der Waals surface area contributed by atoms with Gasteiger partial charge in [0.2, 0.25) is 0 Å². The summed E-state index contributed by atoms with van der Waals surface area (Å²) in [4.78, 5) is 16.9. The number of amides is 1. The first-order chi connectivity index (χ1) is 8.18. The summed E-state index contributed by atoms with van der Waals surface area (Å²) < 4.78 is 5.52. The van der Waals surface area contributed by atoms with E-state index < -0.39 is 0 Å². The van der Waals surface area contributed by atoms with Gasteiger partial charge < -0.3 is 4.74 Å². The standard InChI is InChI=1S/C13H17NO3/c1-10-5-3-6-12(11(10)2)16-9-13(15)14-7-4-8-17-14/h3,5-6H,4,7-9H2,1-2H3. The molecule has 2 rings (SSSR count). The van der Waals surface area contributed by atoms with Crippen molar-refractivity contribution in [3.63, 3.8) is 0 Å². The molecule has 1 aromatic rings. The maximum atomic E-state index is 11.7. The zero-order valence-electron chi connectivity index (χ0n) is 10.2. The van der Waals surface area contributed by atoms with Crippen molar-refractivity contribution in [3.8, 4) is 5.75 Å². The van der Waals surface area contributed by atoms with Gasteiger partial charge in [-0.2, -0.15) is 0 Å². The van der Waals surface area contributed by atoms with Crippen LogP contribution in [0.5, 0.6) is 5.75 Å². The first-order valence-corrected chi connectivity index (χ1v) is 5.81. The molecular weight excluding hydrogens is 218 g/mol. The van der Waals surface area contributed by atoms with Crippen molar-refractivity contribution < 1.29 is 14.4 Å². The topological polar surface area (TPSA) is 38.8 Å². The molecule has 1 aliphatic rings. The van der Waals surface area contributed by atoms with E-state index in [0.29, 0.717) is 13.2 Å². The lowest BCUT2D eigenvalue weighted by molar-refractivity contribution is -0.170. The quantitative estimate of drug-likeness (QED) is 0.802. The van der Waals surface area contributed by atoms with E-state index in [1.807, 2.05) is 32.0 Å². The van der Waals surface area contributed by atoms with Crippen molar-refractivity contribution in [3.05, 3.63) is 29.3 Å². The number of nitrogens with zero attached hydrogens (tertiary/aromatic N) is 1. The van der Waals surface area contributed by atoms with Crippen LogP contribution >= 0.6 is 0 Å². The molecule has 92 valence electrons. The predicted molar refractivity (Wildman–Crippen MR) is 63.7 cm³/mol. The molecule has 0 atom stereocenters. The molecule has 0 N–H and O–H groups in total. The number of hydroxylamine groups is 2. The van der Waals surface area contributed by atoms with Crippen molar-refractivity contribution in [2.24, 2.45) is 0 Å². The number of carbonyl (C=O) groups is 1. The average Bonchev–Trinajstić information content (AvgIpc) is 2.84. The molecule has 0 unspecified atom stereocenters. The Morgan fingerprint density at radius 1 is 1.47 bits per heavy atom. The lowest BCUT2D eigenvalue weighted by Crippen LogP contribution is -2.31. The third-order valence-electron chi connectivity index (χ3n) is 2.94. The van der Waals surface area contributed by atoms with E-state index in [2.05, 4.69) is 0 Å². The van der Waals surface area contributed by atoms with E-state index in [1.54, 1.807) is 0 Å². The number of benzene rings is 1. The van der Waals surface area contributed by atoms with Gasteiger partial charge in [0.05, 0.1) is 13.2 Å². The molecule has 1 fully saturated rings. The number of hydrogen-bond donors (Lipinski definition) is 0. The van der Waals surface area contributed by atoms with Crippen LogP contribution in [0.2, 0.25) is 0 Å². The van der Waals surface area contributed by atoms with E-state index >= 15 is 0 Å². The van der Waals surface area contributed by atoms with Gasteiger partial charge in [-0.3, -0.25) is 9.63 Å². The molecule has 17 heavy (non-hydrogen) atoms. The first kappa shape index (κ1) is 11.9. The Kier molecular flexibility index (Phi) is 3.64. The van der Waals surface area contributed by atoms with Crippen LogP contribution in [-0.4, -0.2) is 30.7 Å². The Morgan fingerprint density at radius 3 is 3.00 bits per heavy atom. The Labute approximate surface area is 101 Å². The Morgan fingerprint density at radius 2 is 2.29 bits per heavy atom. The molecule has 0 spiro atoms. The van der Waals surface area contributed by atoms with Crippen LogP contribution in [0.15, 0.2) is 18.2 Å². The molecule has 1 saturated heterocycles. The van der Waals surface area contributed by atoms with Gasteiger partial charge >= 0.3 is 0 Å². The number of carbonyl (C=O) groups excluding carboxylic acids is 1. The summed E-state index contributed by atoms with van der Waals surface area (Å²) in [6, 6.07) is 5.82. The molecule has 0 aliphatic carbocycles. The van der Waals surface area contributed by atoms with E-state index in [9.17, 15) is 4.79 Å². The highest BCUT2D eigenvalue weighted by molar-refractivity contribution is 5.76. The maximum absolute atomic E-state index is 11.7. The normalized spacial score (nSPS) is 15.1. The van der Waals surface area contributed by atoms with Crippen LogP contribution in [0.3, 0.4) is 0 Å². The minimum absolute atomic E-state index is 0.0320. The summed E-state index contributed by atoms with van der Waals surface area (Å²) in [5, 5.41) is 1.38. The minimum atomic E-state index is -0.122. The lowest BCUT2D eigenvalue weighted by Gasteiger charge is -2.15. The molecule has 1 aromatic carbocycles. The number of rotatable bonds is 3. The molecule has 1 heterocycles. The molecule has 1 aliphatic heterocycles. The monoisotopic (exact) mass is 235 g/mol. The van der Waals surface area contributed by atoms with E-state index in [1.165, 1.54) is 5.06 Å². The molecule has 0 bridgehead atoms. The van der Waals surface area contributed by atoms with Crippen LogP contribution < -0.4 is 4.74 Å². The zero-order valence-corrected chi connectivity index (χ0v) is 10.2. The summed E-state index contributed by atoms with van der Waals surface area (Å²) in [5.74, 6) is 0.640. The van der Waals surface area contributed by atoms with Gasteiger partial charge in [0, 0.05) is 0 Å². The van der Waals surface area contributed by atoms with Gasteiger partial charge in [0.15, 0.2) is 6.61 Å². The molecule has 0 radical (unpaired) electrons. The molecule has 0 aromatic heterocycles. The van der Waals surface area contributed by atoms with Crippen molar-refractivity contribution in [2.75, 3.05) is 19.8 Å². The average molecular weight is 235 g/mol. The van der Waals surface area contributed by atoms with E-state index in [4.69, 9.17) is 9.57 Å². The highest BCUT2D eigenvalue weighted by Gasteiger charge is 2.19. The first-order valence-electron chi connectivity index (χ1n) is 5.81.